The predicted molar refractivity (Wildman–Crippen MR) is 99.9 cm³/mol. The molecule has 0 aliphatic carbocycles. The number of aromatic hydroxyl groups is 1. The third kappa shape index (κ3) is 3.89. The van der Waals surface area contributed by atoms with Crippen molar-refractivity contribution in [1.82, 2.24) is 0 Å². The minimum atomic E-state index is -0.170. The second-order valence-electron chi connectivity index (χ2n) is 8.24. The third-order valence-electron chi connectivity index (χ3n) is 4.01. The Hall–Kier alpha value is -2.47. The van der Waals surface area contributed by atoms with E-state index in [2.05, 4.69) is 52.9 Å². The minimum absolute atomic E-state index is 0.170. The van der Waals surface area contributed by atoms with E-state index in [1.54, 1.807) is 6.07 Å². The number of hydrogen-bond donors (Lipinski definition) is 2. The number of nitrogens with zero attached hydrogens (tertiary/aromatic N) is 1. The molecule has 3 heteroatoms. The van der Waals surface area contributed by atoms with Crippen molar-refractivity contribution in [3.05, 3.63) is 53.1 Å². The van der Waals surface area contributed by atoms with Crippen molar-refractivity contribution in [2.45, 2.75) is 52.4 Å². The van der Waals surface area contributed by atoms with Crippen LogP contribution in [0, 0.1) is 11.3 Å². The molecule has 0 bridgehead atoms. The highest BCUT2D eigenvalue weighted by molar-refractivity contribution is 5.66. The summed E-state index contributed by atoms with van der Waals surface area (Å²) >= 11 is 0. The van der Waals surface area contributed by atoms with Crippen LogP contribution in [0.1, 0.15) is 58.2 Å². The van der Waals surface area contributed by atoms with Gasteiger partial charge in [0.25, 0.3) is 0 Å². The maximum atomic E-state index is 10.8. The van der Waals surface area contributed by atoms with Crippen molar-refractivity contribution in [3.8, 4) is 11.8 Å². The Morgan fingerprint density at radius 2 is 1.42 bits per heavy atom. The average Bonchev–Trinajstić information content (AvgIpc) is 2.46. The fraction of sp³-hybridized carbons (Fsp3) is 0.381. The zero-order valence-corrected chi connectivity index (χ0v) is 15.4. The molecule has 0 fully saturated rings. The molecule has 0 radical (unpaired) electrons. The number of nitriles is 1. The van der Waals surface area contributed by atoms with Gasteiger partial charge in [-0.3, -0.25) is 0 Å². The van der Waals surface area contributed by atoms with E-state index in [4.69, 9.17) is 5.26 Å². The lowest BCUT2D eigenvalue weighted by Gasteiger charge is -2.28. The lowest BCUT2D eigenvalue weighted by Crippen LogP contribution is -2.17. The Morgan fingerprint density at radius 3 is 1.88 bits per heavy atom. The van der Waals surface area contributed by atoms with Crippen LogP contribution in [0.3, 0.4) is 0 Å². The summed E-state index contributed by atoms with van der Waals surface area (Å²) in [7, 11) is 0. The van der Waals surface area contributed by atoms with Crippen LogP contribution >= 0.6 is 0 Å². The van der Waals surface area contributed by atoms with Gasteiger partial charge in [-0.15, -0.1) is 0 Å². The Morgan fingerprint density at radius 1 is 0.875 bits per heavy atom. The maximum absolute atomic E-state index is 10.8. The molecule has 0 spiro atoms. The quantitative estimate of drug-likeness (QED) is 0.707. The first-order valence-corrected chi connectivity index (χ1v) is 8.17. The Labute approximate surface area is 145 Å². The highest BCUT2D eigenvalue weighted by Gasteiger charge is 2.26. The molecule has 0 aliphatic heterocycles. The van der Waals surface area contributed by atoms with Gasteiger partial charge >= 0.3 is 0 Å². The molecule has 2 rings (SSSR count). The summed E-state index contributed by atoms with van der Waals surface area (Å²) < 4.78 is 0. The zero-order valence-electron chi connectivity index (χ0n) is 15.4. The van der Waals surface area contributed by atoms with Crippen molar-refractivity contribution < 1.29 is 5.11 Å². The van der Waals surface area contributed by atoms with Crippen LogP contribution in [0.15, 0.2) is 36.4 Å². The van der Waals surface area contributed by atoms with Crippen LogP contribution in [0.25, 0.3) is 0 Å². The van der Waals surface area contributed by atoms with E-state index < -0.39 is 0 Å². The van der Waals surface area contributed by atoms with Crippen molar-refractivity contribution in [2.75, 3.05) is 5.32 Å². The number of anilines is 2. The molecule has 2 aromatic rings. The Kier molecular flexibility index (Phi) is 4.62. The first-order valence-electron chi connectivity index (χ1n) is 8.17. The van der Waals surface area contributed by atoms with Gasteiger partial charge in [0.05, 0.1) is 11.6 Å². The highest BCUT2D eigenvalue weighted by Crippen LogP contribution is 2.41. The van der Waals surface area contributed by atoms with Crippen molar-refractivity contribution in [1.29, 1.82) is 5.26 Å². The summed E-state index contributed by atoms with van der Waals surface area (Å²) in [4.78, 5) is 0. The van der Waals surface area contributed by atoms with Gasteiger partial charge < -0.3 is 10.4 Å². The van der Waals surface area contributed by atoms with Crippen LogP contribution in [0.4, 0.5) is 11.4 Å². The van der Waals surface area contributed by atoms with Gasteiger partial charge in [0.1, 0.15) is 5.75 Å². The van der Waals surface area contributed by atoms with Gasteiger partial charge in [0.15, 0.2) is 0 Å². The van der Waals surface area contributed by atoms with Crippen molar-refractivity contribution in [2.24, 2.45) is 0 Å². The lowest BCUT2D eigenvalue weighted by molar-refractivity contribution is 0.423. The molecule has 0 atom stereocenters. The van der Waals surface area contributed by atoms with E-state index in [-0.39, 0.29) is 10.8 Å². The average molecular weight is 322 g/mol. The maximum Gasteiger partial charge on any atom is 0.123 e. The summed E-state index contributed by atoms with van der Waals surface area (Å²) in [5, 5.41) is 23.2. The number of phenols is 1. The summed E-state index contributed by atoms with van der Waals surface area (Å²) in [5.41, 5.74) is 3.87. The lowest BCUT2D eigenvalue weighted by atomic mass is 9.79. The topological polar surface area (TPSA) is 56.0 Å². The summed E-state index contributed by atoms with van der Waals surface area (Å²) in [6, 6.07) is 13.5. The smallest absolute Gasteiger partial charge is 0.123 e. The van der Waals surface area contributed by atoms with E-state index >= 15 is 0 Å². The van der Waals surface area contributed by atoms with E-state index in [9.17, 15) is 5.11 Å². The van der Waals surface area contributed by atoms with Crippen LogP contribution in [-0.2, 0) is 10.8 Å². The second kappa shape index (κ2) is 6.20. The Balaban J connectivity index is 2.56. The van der Waals surface area contributed by atoms with E-state index in [0.29, 0.717) is 11.3 Å². The van der Waals surface area contributed by atoms with E-state index in [1.807, 2.05) is 30.3 Å². The predicted octanol–water partition coefficient (Wildman–Crippen LogP) is 5.60. The number of nitrogens with one attached hydrogen (secondary N) is 1. The number of hydrogen-bond acceptors (Lipinski definition) is 3. The monoisotopic (exact) mass is 322 g/mol. The van der Waals surface area contributed by atoms with Gasteiger partial charge in [-0.25, -0.2) is 0 Å². The molecule has 2 N–H and O–H groups in total. The molecule has 2 aromatic carbocycles. The molecule has 0 amide bonds. The van der Waals surface area contributed by atoms with Crippen LogP contribution in [0.2, 0.25) is 0 Å². The Bertz CT molecular complexity index is 752. The molecular formula is C21H26N2O. The molecule has 0 unspecified atom stereocenters. The number of benzene rings is 2. The zero-order chi connectivity index (χ0) is 18.1. The van der Waals surface area contributed by atoms with E-state index in [0.717, 1.165) is 22.5 Å². The van der Waals surface area contributed by atoms with Gasteiger partial charge in [-0.1, -0.05) is 47.6 Å². The molecule has 0 aromatic heterocycles. The first-order chi connectivity index (χ1) is 11.0. The van der Waals surface area contributed by atoms with Gasteiger partial charge in [-0.2, -0.15) is 5.26 Å². The van der Waals surface area contributed by atoms with Gasteiger partial charge in [0.2, 0.25) is 0 Å². The van der Waals surface area contributed by atoms with Crippen LogP contribution < -0.4 is 5.32 Å². The van der Waals surface area contributed by atoms with Crippen molar-refractivity contribution in [3.63, 3.8) is 0 Å². The molecule has 0 aliphatic rings. The van der Waals surface area contributed by atoms with Gasteiger partial charge in [0, 0.05) is 22.5 Å². The highest BCUT2D eigenvalue weighted by atomic mass is 16.3. The fourth-order valence-corrected chi connectivity index (χ4v) is 2.68. The summed E-state index contributed by atoms with van der Waals surface area (Å²) in [6.45, 7) is 12.6. The molecule has 24 heavy (non-hydrogen) atoms. The van der Waals surface area contributed by atoms with E-state index in [1.165, 1.54) is 0 Å². The van der Waals surface area contributed by atoms with Crippen LogP contribution in [0.5, 0.6) is 5.75 Å². The largest absolute Gasteiger partial charge is 0.507 e. The normalized spacial score (nSPS) is 11.9. The summed E-state index contributed by atoms with van der Waals surface area (Å²) in [6.07, 6.45) is 0. The number of phenolic OH excluding ortho intramolecular Hbond substituents is 1. The van der Waals surface area contributed by atoms with Gasteiger partial charge in [-0.05, 0) is 41.2 Å². The molecule has 3 nitrogen and oxygen atoms in total. The molecule has 0 saturated carbocycles. The van der Waals surface area contributed by atoms with Crippen molar-refractivity contribution >= 4 is 11.4 Å². The summed E-state index contributed by atoms with van der Waals surface area (Å²) in [5.74, 6) is 0.367. The molecule has 126 valence electrons. The molecule has 0 saturated heterocycles. The third-order valence-corrected chi connectivity index (χ3v) is 4.01. The molecule has 0 heterocycles. The standard InChI is InChI=1S/C21H26N2O/c1-20(2,3)17-11-16(12-18(19(17)24)21(4,5)6)23-15-9-7-8-14(10-15)13-22/h7-12,23-24H,1-6H3. The number of rotatable bonds is 2. The first kappa shape index (κ1) is 17.9. The minimum Gasteiger partial charge on any atom is -0.507 e. The fourth-order valence-electron chi connectivity index (χ4n) is 2.68. The SMILES string of the molecule is CC(C)(C)c1cc(Nc2cccc(C#N)c2)cc(C(C)(C)C)c1O. The second-order valence-corrected chi connectivity index (χ2v) is 8.24. The van der Waals surface area contributed by atoms with Crippen LogP contribution in [-0.4, -0.2) is 5.11 Å². The molecular weight excluding hydrogens is 296 g/mol.